The second kappa shape index (κ2) is 8.81. The molecule has 0 aliphatic carbocycles. The first kappa shape index (κ1) is 19.7. The van der Waals surface area contributed by atoms with E-state index in [4.69, 9.17) is 11.6 Å². The van der Waals surface area contributed by atoms with E-state index in [9.17, 15) is 4.79 Å². The number of piperazine rings is 1. The molecular formula is C25H25ClN2O. The van der Waals surface area contributed by atoms with Crippen LogP contribution >= 0.6 is 11.6 Å². The molecule has 1 unspecified atom stereocenters. The molecule has 0 N–H and O–H groups in total. The largest absolute Gasteiger partial charge is 0.336 e. The first-order chi connectivity index (χ1) is 14.1. The summed E-state index contributed by atoms with van der Waals surface area (Å²) in [6.45, 7) is 5.15. The first-order valence-electron chi connectivity index (χ1n) is 10.0. The molecule has 3 aromatic carbocycles. The van der Waals surface area contributed by atoms with E-state index in [1.165, 1.54) is 16.7 Å². The Morgan fingerprint density at radius 3 is 2.03 bits per heavy atom. The van der Waals surface area contributed by atoms with Crippen LogP contribution in [0.4, 0.5) is 0 Å². The summed E-state index contributed by atoms with van der Waals surface area (Å²) in [6.07, 6.45) is 0. The van der Waals surface area contributed by atoms with Crippen LogP contribution in [0.5, 0.6) is 0 Å². The summed E-state index contributed by atoms with van der Waals surface area (Å²) in [7, 11) is 0. The zero-order chi connectivity index (χ0) is 20.2. The van der Waals surface area contributed by atoms with Crippen LogP contribution in [0.25, 0.3) is 0 Å². The molecule has 1 saturated heterocycles. The van der Waals surface area contributed by atoms with Crippen molar-refractivity contribution in [3.8, 4) is 0 Å². The van der Waals surface area contributed by atoms with E-state index in [1.807, 2.05) is 17.0 Å². The van der Waals surface area contributed by atoms with Crippen molar-refractivity contribution in [2.75, 3.05) is 26.2 Å². The van der Waals surface area contributed by atoms with E-state index in [1.54, 1.807) is 12.1 Å². The summed E-state index contributed by atoms with van der Waals surface area (Å²) in [5.74, 6) is 0.0156. The Hall–Kier alpha value is -2.62. The molecule has 0 radical (unpaired) electrons. The summed E-state index contributed by atoms with van der Waals surface area (Å²) in [5, 5.41) is 0.516. The van der Waals surface area contributed by atoms with E-state index in [-0.39, 0.29) is 11.9 Å². The first-order valence-corrected chi connectivity index (χ1v) is 10.4. The van der Waals surface area contributed by atoms with Crippen molar-refractivity contribution in [1.82, 2.24) is 9.80 Å². The Kier molecular flexibility index (Phi) is 5.98. The normalized spacial score (nSPS) is 15.9. The monoisotopic (exact) mass is 404 g/mol. The van der Waals surface area contributed by atoms with Gasteiger partial charge in [-0.05, 0) is 30.2 Å². The standard InChI is InChI=1S/C25H25ClN2O/c1-19-11-13-21(14-12-19)24(20-7-3-2-4-8-20)27-15-17-28(18-16-27)25(29)22-9-5-6-10-23(22)26/h2-14,24H,15-18H2,1H3. The second-order valence-corrected chi connectivity index (χ2v) is 7.94. The van der Waals surface area contributed by atoms with Gasteiger partial charge in [-0.2, -0.15) is 0 Å². The number of hydrogen-bond donors (Lipinski definition) is 0. The predicted octanol–water partition coefficient (Wildman–Crippen LogP) is 5.20. The Bertz CT molecular complexity index is 964. The van der Waals surface area contributed by atoms with Gasteiger partial charge in [0, 0.05) is 26.2 Å². The van der Waals surface area contributed by atoms with Crippen LogP contribution in [0.15, 0.2) is 78.9 Å². The molecule has 29 heavy (non-hydrogen) atoms. The third kappa shape index (κ3) is 4.36. The maximum Gasteiger partial charge on any atom is 0.255 e. The Balaban J connectivity index is 1.53. The number of amides is 1. The molecule has 1 fully saturated rings. The van der Waals surface area contributed by atoms with Crippen molar-refractivity contribution in [2.45, 2.75) is 13.0 Å². The van der Waals surface area contributed by atoms with Gasteiger partial charge in [-0.15, -0.1) is 0 Å². The molecule has 1 aliphatic heterocycles. The van der Waals surface area contributed by atoms with E-state index in [0.717, 1.165) is 13.1 Å². The van der Waals surface area contributed by atoms with Crippen LogP contribution in [0.3, 0.4) is 0 Å². The van der Waals surface area contributed by atoms with Crippen LogP contribution < -0.4 is 0 Å². The lowest BCUT2D eigenvalue weighted by Gasteiger charge is -2.40. The summed E-state index contributed by atoms with van der Waals surface area (Å²) < 4.78 is 0. The molecule has 1 aliphatic rings. The van der Waals surface area contributed by atoms with Gasteiger partial charge in [-0.1, -0.05) is 83.9 Å². The topological polar surface area (TPSA) is 23.6 Å². The van der Waals surface area contributed by atoms with Gasteiger partial charge in [-0.3, -0.25) is 9.69 Å². The van der Waals surface area contributed by atoms with Crippen molar-refractivity contribution < 1.29 is 4.79 Å². The van der Waals surface area contributed by atoms with Gasteiger partial charge in [0.2, 0.25) is 0 Å². The number of nitrogens with zero attached hydrogens (tertiary/aromatic N) is 2. The van der Waals surface area contributed by atoms with Crippen LogP contribution in [-0.2, 0) is 0 Å². The molecule has 3 nitrogen and oxygen atoms in total. The lowest BCUT2D eigenvalue weighted by Crippen LogP contribution is -2.49. The van der Waals surface area contributed by atoms with Crippen molar-refractivity contribution in [3.63, 3.8) is 0 Å². The molecule has 1 amide bonds. The highest BCUT2D eigenvalue weighted by atomic mass is 35.5. The third-order valence-electron chi connectivity index (χ3n) is 5.58. The van der Waals surface area contributed by atoms with Gasteiger partial charge in [-0.25, -0.2) is 0 Å². The van der Waals surface area contributed by atoms with E-state index >= 15 is 0 Å². The van der Waals surface area contributed by atoms with Gasteiger partial charge in [0.15, 0.2) is 0 Å². The fourth-order valence-corrected chi connectivity index (χ4v) is 4.20. The minimum atomic E-state index is 0.0156. The fraction of sp³-hybridized carbons (Fsp3) is 0.240. The van der Waals surface area contributed by atoms with Crippen LogP contribution in [0, 0.1) is 6.92 Å². The molecule has 1 atom stereocenters. The predicted molar refractivity (Wildman–Crippen MR) is 118 cm³/mol. The lowest BCUT2D eigenvalue weighted by atomic mass is 9.95. The van der Waals surface area contributed by atoms with Crippen LogP contribution in [-0.4, -0.2) is 41.9 Å². The molecule has 0 bridgehead atoms. The minimum Gasteiger partial charge on any atom is -0.336 e. The summed E-state index contributed by atoms with van der Waals surface area (Å²) in [6, 6.07) is 26.8. The number of carbonyl (C=O) groups excluding carboxylic acids is 1. The zero-order valence-corrected chi connectivity index (χ0v) is 17.3. The number of benzene rings is 3. The summed E-state index contributed by atoms with van der Waals surface area (Å²) >= 11 is 6.23. The Labute approximate surface area is 177 Å². The highest BCUT2D eigenvalue weighted by Gasteiger charge is 2.29. The number of hydrogen-bond acceptors (Lipinski definition) is 2. The van der Waals surface area contributed by atoms with Crippen LogP contribution in [0.2, 0.25) is 5.02 Å². The van der Waals surface area contributed by atoms with E-state index in [2.05, 4.69) is 66.4 Å². The van der Waals surface area contributed by atoms with Crippen molar-refractivity contribution in [3.05, 3.63) is 106 Å². The van der Waals surface area contributed by atoms with Gasteiger partial charge in [0.05, 0.1) is 16.6 Å². The highest BCUT2D eigenvalue weighted by Crippen LogP contribution is 2.30. The van der Waals surface area contributed by atoms with Gasteiger partial charge in [0.25, 0.3) is 5.91 Å². The maximum atomic E-state index is 12.9. The van der Waals surface area contributed by atoms with Crippen LogP contribution in [0.1, 0.15) is 33.1 Å². The lowest BCUT2D eigenvalue weighted by molar-refractivity contribution is 0.0597. The maximum absolute atomic E-state index is 12.9. The molecule has 0 aromatic heterocycles. The molecule has 1 heterocycles. The molecule has 0 spiro atoms. The third-order valence-corrected chi connectivity index (χ3v) is 5.91. The molecule has 4 heteroatoms. The average molecular weight is 405 g/mol. The second-order valence-electron chi connectivity index (χ2n) is 7.53. The number of aryl methyl sites for hydroxylation is 1. The number of carbonyl (C=O) groups is 1. The molecule has 3 aromatic rings. The number of halogens is 1. The van der Waals surface area contributed by atoms with E-state index in [0.29, 0.717) is 23.7 Å². The quantitative estimate of drug-likeness (QED) is 0.597. The average Bonchev–Trinajstić information content (AvgIpc) is 2.76. The minimum absolute atomic E-state index is 0.0156. The zero-order valence-electron chi connectivity index (χ0n) is 16.6. The van der Waals surface area contributed by atoms with Crippen molar-refractivity contribution in [1.29, 1.82) is 0 Å². The molecule has 148 valence electrons. The summed E-state index contributed by atoms with van der Waals surface area (Å²) in [5.41, 5.74) is 4.41. The Morgan fingerprint density at radius 1 is 0.793 bits per heavy atom. The molecule has 4 rings (SSSR count). The van der Waals surface area contributed by atoms with Crippen molar-refractivity contribution in [2.24, 2.45) is 0 Å². The van der Waals surface area contributed by atoms with E-state index < -0.39 is 0 Å². The van der Waals surface area contributed by atoms with Crippen molar-refractivity contribution >= 4 is 17.5 Å². The van der Waals surface area contributed by atoms with Gasteiger partial charge < -0.3 is 4.90 Å². The smallest absolute Gasteiger partial charge is 0.255 e. The van der Waals surface area contributed by atoms with Gasteiger partial charge in [0.1, 0.15) is 0 Å². The highest BCUT2D eigenvalue weighted by molar-refractivity contribution is 6.33. The molecular weight excluding hydrogens is 380 g/mol. The summed E-state index contributed by atoms with van der Waals surface area (Å²) in [4.78, 5) is 17.3. The molecule has 0 saturated carbocycles. The van der Waals surface area contributed by atoms with Gasteiger partial charge >= 0.3 is 0 Å². The Morgan fingerprint density at radius 2 is 1.38 bits per heavy atom. The SMILES string of the molecule is Cc1ccc(C(c2ccccc2)N2CCN(C(=O)c3ccccc3Cl)CC2)cc1. The number of rotatable bonds is 4. The fourth-order valence-electron chi connectivity index (χ4n) is 3.99.